The molecule has 0 fully saturated rings. The monoisotopic (exact) mass is 249 g/mol. The summed E-state index contributed by atoms with van der Waals surface area (Å²) < 4.78 is 5.75. The van der Waals surface area contributed by atoms with Gasteiger partial charge < -0.3 is 10.5 Å². The van der Waals surface area contributed by atoms with Gasteiger partial charge in [-0.05, 0) is 18.4 Å². The summed E-state index contributed by atoms with van der Waals surface area (Å²) in [7, 11) is 0. The van der Waals surface area contributed by atoms with Gasteiger partial charge in [-0.2, -0.15) is 0 Å². The van der Waals surface area contributed by atoms with Crippen LogP contribution in [0.25, 0.3) is 0 Å². The molecule has 1 unspecified atom stereocenters. The number of pyridine rings is 1. The minimum atomic E-state index is -0.0292. The molecule has 0 aromatic carbocycles. The second-order valence-electron chi connectivity index (χ2n) is 4.52. The molecule has 100 valence electrons. The van der Waals surface area contributed by atoms with Crippen LogP contribution in [0, 0.1) is 11.3 Å². The third-order valence-corrected chi connectivity index (χ3v) is 3.04. The van der Waals surface area contributed by atoms with Gasteiger partial charge in [0.15, 0.2) is 0 Å². The Balaban J connectivity index is 2.51. The van der Waals surface area contributed by atoms with Gasteiger partial charge in [0.05, 0.1) is 6.61 Å². The molecule has 1 atom stereocenters. The number of amidine groups is 1. The first kappa shape index (κ1) is 14.5. The van der Waals surface area contributed by atoms with Crippen LogP contribution in [-0.2, 0) is 0 Å². The molecule has 0 amide bonds. The quantitative estimate of drug-likeness (QED) is 0.549. The number of unbranched alkanes of at least 4 members (excludes halogenated alkanes) is 1. The van der Waals surface area contributed by atoms with Gasteiger partial charge in [-0.1, -0.05) is 33.1 Å². The molecule has 18 heavy (non-hydrogen) atoms. The molecule has 1 heterocycles. The summed E-state index contributed by atoms with van der Waals surface area (Å²) in [6, 6.07) is 3.52. The Bertz CT molecular complexity index is 379. The number of rotatable bonds is 8. The number of aromatic nitrogens is 1. The van der Waals surface area contributed by atoms with Gasteiger partial charge >= 0.3 is 0 Å². The average molecular weight is 249 g/mol. The minimum Gasteiger partial charge on any atom is -0.493 e. The van der Waals surface area contributed by atoms with E-state index in [9.17, 15) is 0 Å². The van der Waals surface area contributed by atoms with Crippen LogP contribution in [0.4, 0.5) is 0 Å². The smallest absolute Gasteiger partial charge is 0.141 e. The van der Waals surface area contributed by atoms with E-state index in [-0.39, 0.29) is 5.84 Å². The Kier molecular flexibility index (Phi) is 6.19. The van der Waals surface area contributed by atoms with E-state index in [1.165, 1.54) is 19.3 Å². The summed E-state index contributed by atoms with van der Waals surface area (Å²) in [4.78, 5) is 4.01. The lowest BCUT2D eigenvalue weighted by molar-refractivity contribution is 0.233. The number of hydrogen-bond donors (Lipinski definition) is 2. The van der Waals surface area contributed by atoms with Crippen LogP contribution >= 0.6 is 0 Å². The first-order chi connectivity index (χ1) is 8.67. The molecule has 0 radical (unpaired) electrons. The Hall–Kier alpha value is -1.58. The lowest BCUT2D eigenvalue weighted by atomic mass is 10.0. The van der Waals surface area contributed by atoms with Gasteiger partial charge in [0, 0.05) is 12.3 Å². The van der Waals surface area contributed by atoms with E-state index < -0.39 is 0 Å². The fourth-order valence-corrected chi connectivity index (χ4v) is 1.76. The van der Waals surface area contributed by atoms with Crippen molar-refractivity contribution in [2.45, 2.75) is 39.5 Å². The zero-order valence-electron chi connectivity index (χ0n) is 11.3. The zero-order valence-corrected chi connectivity index (χ0v) is 11.3. The molecule has 4 nitrogen and oxygen atoms in total. The highest BCUT2D eigenvalue weighted by Crippen LogP contribution is 2.16. The molecule has 0 saturated heterocycles. The van der Waals surface area contributed by atoms with Crippen LogP contribution in [0.15, 0.2) is 18.3 Å². The van der Waals surface area contributed by atoms with E-state index in [1.807, 2.05) is 0 Å². The van der Waals surface area contributed by atoms with Crippen molar-refractivity contribution in [3.8, 4) is 5.75 Å². The second-order valence-corrected chi connectivity index (χ2v) is 4.52. The molecule has 4 heteroatoms. The summed E-state index contributed by atoms with van der Waals surface area (Å²) in [5.74, 6) is 1.31. The molecular formula is C14H23N3O. The molecule has 0 aliphatic rings. The summed E-state index contributed by atoms with van der Waals surface area (Å²) in [6.45, 7) is 5.12. The maximum absolute atomic E-state index is 7.34. The van der Waals surface area contributed by atoms with E-state index in [1.54, 1.807) is 18.3 Å². The number of nitrogens with two attached hydrogens (primary N) is 1. The van der Waals surface area contributed by atoms with Gasteiger partial charge in [0.2, 0.25) is 0 Å². The summed E-state index contributed by atoms with van der Waals surface area (Å²) >= 11 is 0. The van der Waals surface area contributed by atoms with E-state index in [0.717, 1.165) is 18.8 Å². The number of ether oxygens (including phenoxy) is 1. The third kappa shape index (κ3) is 4.73. The summed E-state index contributed by atoms with van der Waals surface area (Å²) in [6.07, 6.45) is 6.43. The molecule has 3 N–H and O–H groups in total. The molecule has 0 aliphatic heterocycles. The average Bonchev–Trinajstić information content (AvgIpc) is 2.39. The van der Waals surface area contributed by atoms with Crippen molar-refractivity contribution in [2.24, 2.45) is 11.7 Å². The van der Waals surface area contributed by atoms with Crippen LogP contribution in [0.2, 0.25) is 0 Å². The largest absolute Gasteiger partial charge is 0.493 e. The molecule has 1 aromatic rings. The standard InChI is InChI=1S/C14H23N3O/c1-3-5-6-11(4-2)10-18-12-7-8-17-13(9-12)14(15)16/h7-9,11H,3-6,10H2,1-2H3,(H3,15,16). The Labute approximate surface area is 109 Å². The van der Waals surface area contributed by atoms with Crippen LogP contribution in [-0.4, -0.2) is 17.4 Å². The van der Waals surface area contributed by atoms with Crippen LogP contribution < -0.4 is 10.5 Å². The SMILES string of the molecule is CCCCC(CC)COc1ccnc(C(=N)N)c1. The first-order valence-corrected chi connectivity index (χ1v) is 6.60. The van der Waals surface area contributed by atoms with Crippen LogP contribution in [0.1, 0.15) is 45.2 Å². The molecular weight excluding hydrogens is 226 g/mol. The molecule has 0 spiro atoms. The highest BCUT2D eigenvalue weighted by molar-refractivity contribution is 5.93. The third-order valence-electron chi connectivity index (χ3n) is 3.04. The fourth-order valence-electron chi connectivity index (χ4n) is 1.76. The highest BCUT2D eigenvalue weighted by atomic mass is 16.5. The highest BCUT2D eigenvalue weighted by Gasteiger charge is 2.07. The predicted octanol–water partition coefficient (Wildman–Crippen LogP) is 2.96. The van der Waals surface area contributed by atoms with E-state index in [0.29, 0.717) is 11.6 Å². The van der Waals surface area contributed by atoms with Crippen molar-refractivity contribution in [3.63, 3.8) is 0 Å². The van der Waals surface area contributed by atoms with Gasteiger partial charge in [-0.15, -0.1) is 0 Å². The summed E-state index contributed by atoms with van der Waals surface area (Å²) in [5.41, 5.74) is 5.86. The van der Waals surface area contributed by atoms with E-state index in [2.05, 4.69) is 18.8 Å². The molecule has 1 aromatic heterocycles. The van der Waals surface area contributed by atoms with E-state index in [4.69, 9.17) is 15.9 Å². The lowest BCUT2D eigenvalue weighted by Gasteiger charge is -2.15. The number of nitrogens with zero attached hydrogens (tertiary/aromatic N) is 1. The van der Waals surface area contributed by atoms with Crippen molar-refractivity contribution in [3.05, 3.63) is 24.0 Å². The molecule has 0 aliphatic carbocycles. The lowest BCUT2D eigenvalue weighted by Crippen LogP contribution is -2.14. The summed E-state index contributed by atoms with van der Waals surface area (Å²) in [5, 5.41) is 7.34. The zero-order chi connectivity index (χ0) is 13.4. The van der Waals surface area contributed by atoms with Crippen molar-refractivity contribution in [1.29, 1.82) is 5.41 Å². The topological polar surface area (TPSA) is 72.0 Å². The van der Waals surface area contributed by atoms with Gasteiger partial charge in [0.1, 0.15) is 17.3 Å². The Morgan fingerprint density at radius 2 is 2.28 bits per heavy atom. The number of hydrogen-bond acceptors (Lipinski definition) is 3. The normalized spacial score (nSPS) is 12.1. The number of nitrogen functional groups attached to an aromatic ring is 1. The Morgan fingerprint density at radius 3 is 2.89 bits per heavy atom. The fraction of sp³-hybridized carbons (Fsp3) is 0.571. The maximum atomic E-state index is 7.34. The second kappa shape index (κ2) is 7.69. The minimum absolute atomic E-state index is 0.0292. The van der Waals surface area contributed by atoms with Crippen molar-refractivity contribution >= 4 is 5.84 Å². The first-order valence-electron chi connectivity index (χ1n) is 6.60. The maximum Gasteiger partial charge on any atom is 0.141 e. The van der Waals surface area contributed by atoms with Gasteiger partial charge in [-0.25, -0.2) is 0 Å². The molecule has 1 rings (SSSR count). The van der Waals surface area contributed by atoms with Gasteiger partial charge in [0.25, 0.3) is 0 Å². The number of nitrogens with one attached hydrogen (secondary N) is 1. The Morgan fingerprint density at radius 1 is 1.50 bits per heavy atom. The van der Waals surface area contributed by atoms with Crippen LogP contribution in [0.5, 0.6) is 5.75 Å². The van der Waals surface area contributed by atoms with Crippen LogP contribution in [0.3, 0.4) is 0 Å². The van der Waals surface area contributed by atoms with Crippen molar-refractivity contribution in [2.75, 3.05) is 6.61 Å². The van der Waals surface area contributed by atoms with Crippen molar-refractivity contribution < 1.29 is 4.74 Å². The van der Waals surface area contributed by atoms with E-state index >= 15 is 0 Å². The van der Waals surface area contributed by atoms with Gasteiger partial charge in [-0.3, -0.25) is 10.4 Å². The predicted molar refractivity (Wildman–Crippen MR) is 74.1 cm³/mol. The van der Waals surface area contributed by atoms with Crippen molar-refractivity contribution in [1.82, 2.24) is 4.98 Å². The molecule has 0 bridgehead atoms. The molecule has 0 saturated carbocycles.